The molecule has 0 saturated heterocycles. The zero-order valence-electron chi connectivity index (χ0n) is 13.9. The van der Waals surface area contributed by atoms with Crippen molar-refractivity contribution in [1.82, 2.24) is 0 Å². The van der Waals surface area contributed by atoms with E-state index in [-0.39, 0.29) is 10.6 Å². The second-order valence-corrected chi connectivity index (χ2v) is 6.87. The molecule has 0 N–H and O–H groups in total. The van der Waals surface area contributed by atoms with Crippen LogP contribution in [0.3, 0.4) is 0 Å². The lowest BCUT2D eigenvalue weighted by Crippen LogP contribution is -2.17. The fourth-order valence-corrected chi connectivity index (χ4v) is 3.52. The fourth-order valence-electron chi connectivity index (χ4n) is 3.40. The molecule has 2 aromatic rings. The molecule has 0 nitrogen and oxygen atoms in total. The smallest absolute Gasteiger partial charge is 0.145 e. The van der Waals surface area contributed by atoms with Gasteiger partial charge in [0, 0.05) is 5.56 Å². The number of fused-ring (bicyclic) bond motifs is 1. The molecule has 1 aliphatic carbocycles. The van der Waals surface area contributed by atoms with Crippen LogP contribution < -0.4 is 0 Å². The van der Waals surface area contributed by atoms with Gasteiger partial charge < -0.3 is 0 Å². The average Bonchev–Trinajstić information content (AvgIpc) is 2.58. The highest BCUT2D eigenvalue weighted by Gasteiger charge is 2.24. The Kier molecular flexibility index (Phi) is 5.39. The molecule has 1 aliphatic rings. The summed E-state index contributed by atoms with van der Waals surface area (Å²) < 4.78 is 42.5. The van der Waals surface area contributed by atoms with Gasteiger partial charge in [0.05, 0.1) is 10.6 Å². The lowest BCUT2D eigenvalue weighted by Gasteiger charge is -2.25. The SMILES string of the molecule is CCCC1CCc2c(cc(F)c(C#Cc3ccc(Cl)c(F)c3)c2F)C1. The summed E-state index contributed by atoms with van der Waals surface area (Å²) in [5.41, 5.74) is 1.40. The molecule has 0 amide bonds. The van der Waals surface area contributed by atoms with Crippen molar-refractivity contribution >= 4 is 11.6 Å². The van der Waals surface area contributed by atoms with E-state index in [9.17, 15) is 13.2 Å². The van der Waals surface area contributed by atoms with Crippen molar-refractivity contribution in [2.45, 2.75) is 39.0 Å². The largest absolute Gasteiger partial charge is 0.206 e. The maximum atomic E-state index is 14.7. The second-order valence-electron chi connectivity index (χ2n) is 6.46. The third-order valence-corrected chi connectivity index (χ3v) is 4.98. The van der Waals surface area contributed by atoms with Crippen molar-refractivity contribution in [3.63, 3.8) is 0 Å². The van der Waals surface area contributed by atoms with E-state index in [0.29, 0.717) is 29.9 Å². The van der Waals surface area contributed by atoms with E-state index < -0.39 is 17.5 Å². The van der Waals surface area contributed by atoms with Gasteiger partial charge in [-0.25, -0.2) is 13.2 Å². The molecule has 4 heteroatoms. The molecule has 130 valence electrons. The first-order valence-corrected chi connectivity index (χ1v) is 8.84. The van der Waals surface area contributed by atoms with Crippen molar-refractivity contribution in [2.24, 2.45) is 5.92 Å². The van der Waals surface area contributed by atoms with Gasteiger partial charge in [-0.2, -0.15) is 0 Å². The van der Waals surface area contributed by atoms with Crippen LogP contribution in [0, 0.1) is 35.2 Å². The minimum Gasteiger partial charge on any atom is -0.206 e. The van der Waals surface area contributed by atoms with Crippen LogP contribution in [-0.2, 0) is 12.8 Å². The zero-order chi connectivity index (χ0) is 18.0. The van der Waals surface area contributed by atoms with Crippen LogP contribution in [0.4, 0.5) is 13.2 Å². The summed E-state index contributed by atoms with van der Waals surface area (Å²) in [6.45, 7) is 2.12. The summed E-state index contributed by atoms with van der Waals surface area (Å²) in [5, 5.41) is -0.0154. The predicted molar refractivity (Wildman–Crippen MR) is 94.2 cm³/mol. The van der Waals surface area contributed by atoms with E-state index in [4.69, 9.17) is 11.6 Å². The normalized spacial score (nSPS) is 16.1. The van der Waals surface area contributed by atoms with E-state index in [1.165, 1.54) is 18.2 Å². The Balaban J connectivity index is 1.94. The summed E-state index contributed by atoms with van der Waals surface area (Å²) in [6, 6.07) is 5.45. The van der Waals surface area contributed by atoms with Crippen molar-refractivity contribution in [2.75, 3.05) is 0 Å². The Morgan fingerprint density at radius 3 is 2.64 bits per heavy atom. The standard InChI is InChI=1S/C21H18ClF3/c1-2-3-13-4-7-16-15(10-13)12-19(23)17(21(16)25)8-5-14-6-9-18(22)20(24)11-14/h6,9,11-13H,2-4,7,10H2,1H3. The predicted octanol–water partition coefficient (Wildman–Crippen LogP) is 6.06. The van der Waals surface area contributed by atoms with Crippen LogP contribution in [0.5, 0.6) is 0 Å². The molecular weight excluding hydrogens is 345 g/mol. The molecule has 25 heavy (non-hydrogen) atoms. The fraction of sp³-hybridized carbons (Fsp3) is 0.333. The van der Waals surface area contributed by atoms with Gasteiger partial charge in [0.25, 0.3) is 0 Å². The van der Waals surface area contributed by atoms with Crippen LogP contribution in [0.15, 0.2) is 24.3 Å². The van der Waals surface area contributed by atoms with Crippen LogP contribution in [-0.4, -0.2) is 0 Å². The Bertz CT molecular complexity index is 862. The highest BCUT2D eigenvalue weighted by atomic mass is 35.5. The number of benzene rings is 2. The Hall–Kier alpha value is -1.92. The van der Waals surface area contributed by atoms with E-state index in [0.717, 1.165) is 30.9 Å². The Morgan fingerprint density at radius 2 is 1.92 bits per heavy atom. The molecule has 0 radical (unpaired) electrons. The Labute approximate surface area is 151 Å². The minimum atomic E-state index is -0.657. The van der Waals surface area contributed by atoms with Gasteiger partial charge in [-0.15, -0.1) is 0 Å². The monoisotopic (exact) mass is 362 g/mol. The second kappa shape index (κ2) is 7.54. The molecule has 2 aromatic carbocycles. The van der Waals surface area contributed by atoms with Crippen molar-refractivity contribution in [3.05, 3.63) is 69.0 Å². The summed E-state index contributed by atoms with van der Waals surface area (Å²) >= 11 is 5.62. The first-order valence-electron chi connectivity index (χ1n) is 8.46. The number of rotatable bonds is 2. The number of hydrogen-bond acceptors (Lipinski definition) is 0. The average molecular weight is 363 g/mol. The van der Waals surface area contributed by atoms with Gasteiger partial charge in [-0.05, 0) is 60.6 Å². The van der Waals surface area contributed by atoms with E-state index in [2.05, 4.69) is 18.8 Å². The lowest BCUT2D eigenvalue weighted by atomic mass is 9.81. The molecule has 0 spiro atoms. The third-order valence-electron chi connectivity index (χ3n) is 4.67. The maximum absolute atomic E-state index is 14.7. The molecule has 0 bridgehead atoms. The quantitative estimate of drug-likeness (QED) is 0.569. The van der Waals surface area contributed by atoms with Crippen LogP contribution in [0.1, 0.15) is 48.4 Å². The molecule has 0 saturated carbocycles. The maximum Gasteiger partial charge on any atom is 0.145 e. The molecule has 0 aromatic heterocycles. The van der Waals surface area contributed by atoms with Gasteiger partial charge in [0.15, 0.2) is 0 Å². The van der Waals surface area contributed by atoms with Crippen LogP contribution >= 0.6 is 11.6 Å². The highest BCUT2D eigenvalue weighted by molar-refractivity contribution is 6.30. The lowest BCUT2D eigenvalue weighted by molar-refractivity contribution is 0.411. The van der Waals surface area contributed by atoms with E-state index in [1.54, 1.807) is 0 Å². The zero-order valence-corrected chi connectivity index (χ0v) is 14.7. The Morgan fingerprint density at radius 1 is 1.12 bits per heavy atom. The molecule has 1 unspecified atom stereocenters. The minimum absolute atomic E-state index is 0.0154. The van der Waals surface area contributed by atoms with Crippen molar-refractivity contribution < 1.29 is 13.2 Å². The summed E-state index contributed by atoms with van der Waals surface area (Å²) in [7, 11) is 0. The highest BCUT2D eigenvalue weighted by Crippen LogP contribution is 2.32. The molecule has 0 fully saturated rings. The number of halogens is 4. The van der Waals surface area contributed by atoms with E-state index in [1.807, 2.05) is 0 Å². The van der Waals surface area contributed by atoms with Crippen molar-refractivity contribution in [3.8, 4) is 11.8 Å². The van der Waals surface area contributed by atoms with Gasteiger partial charge in [0.2, 0.25) is 0 Å². The number of hydrogen-bond donors (Lipinski definition) is 0. The molecule has 0 heterocycles. The van der Waals surface area contributed by atoms with Gasteiger partial charge >= 0.3 is 0 Å². The van der Waals surface area contributed by atoms with E-state index >= 15 is 0 Å². The van der Waals surface area contributed by atoms with Gasteiger partial charge in [-0.1, -0.05) is 43.2 Å². The van der Waals surface area contributed by atoms with Gasteiger partial charge in [-0.3, -0.25) is 0 Å². The third kappa shape index (κ3) is 3.85. The molecular formula is C21H18ClF3. The summed E-state index contributed by atoms with van der Waals surface area (Å²) in [4.78, 5) is 0. The van der Waals surface area contributed by atoms with Crippen LogP contribution in [0.2, 0.25) is 5.02 Å². The topological polar surface area (TPSA) is 0 Å². The molecule has 1 atom stereocenters. The van der Waals surface area contributed by atoms with Gasteiger partial charge in [0.1, 0.15) is 17.5 Å². The first-order chi connectivity index (χ1) is 12.0. The summed E-state index contributed by atoms with van der Waals surface area (Å²) in [5.74, 6) is 3.79. The molecule has 0 aliphatic heterocycles. The van der Waals surface area contributed by atoms with Crippen molar-refractivity contribution in [1.29, 1.82) is 0 Å². The summed E-state index contributed by atoms with van der Waals surface area (Å²) in [6.07, 6.45) is 4.39. The molecule has 3 rings (SSSR count). The van der Waals surface area contributed by atoms with Crippen LogP contribution in [0.25, 0.3) is 0 Å². The first kappa shape index (κ1) is 17.9.